The van der Waals surface area contributed by atoms with Crippen LogP contribution in [-0.2, 0) is 6.54 Å². The number of amides is 1. The van der Waals surface area contributed by atoms with Crippen molar-refractivity contribution in [1.29, 1.82) is 0 Å². The zero-order valence-electron chi connectivity index (χ0n) is 14.5. The molecule has 0 atom stereocenters. The predicted octanol–water partition coefficient (Wildman–Crippen LogP) is 3.12. The largest absolute Gasteiger partial charge is 0.349 e. The van der Waals surface area contributed by atoms with Crippen molar-refractivity contribution in [2.45, 2.75) is 6.54 Å². The molecule has 1 heterocycles. The molecule has 0 spiro atoms. The van der Waals surface area contributed by atoms with E-state index in [1.54, 1.807) is 18.2 Å². The second-order valence-corrected chi connectivity index (χ2v) is 6.33. The molecule has 0 bridgehead atoms. The number of nitrogens with zero attached hydrogens (tertiary/aromatic N) is 2. The van der Waals surface area contributed by atoms with Crippen molar-refractivity contribution in [3.05, 3.63) is 71.7 Å². The minimum Gasteiger partial charge on any atom is -0.349 e. The molecule has 0 aliphatic heterocycles. The lowest BCUT2D eigenvalue weighted by atomic mass is 10.2. The summed E-state index contributed by atoms with van der Waals surface area (Å²) < 4.78 is 16.0. The van der Waals surface area contributed by atoms with E-state index in [-0.39, 0.29) is 11.7 Å². The number of hydrogen-bond acceptors (Lipinski definition) is 2. The summed E-state index contributed by atoms with van der Waals surface area (Å²) in [5, 5.41) is 3.91. The molecule has 0 aliphatic carbocycles. The highest BCUT2D eigenvalue weighted by Crippen LogP contribution is 2.22. The number of rotatable bonds is 6. The van der Waals surface area contributed by atoms with Gasteiger partial charge in [0, 0.05) is 29.6 Å². The first-order valence-corrected chi connectivity index (χ1v) is 8.31. The number of likely N-dealkylation sites (N-methyl/N-ethyl adjacent to an activating group) is 1. The van der Waals surface area contributed by atoms with E-state index in [2.05, 4.69) is 5.32 Å². The van der Waals surface area contributed by atoms with Crippen LogP contribution in [0.4, 0.5) is 4.39 Å². The van der Waals surface area contributed by atoms with E-state index in [0.29, 0.717) is 24.3 Å². The molecular formula is C20H22FN3O. The van der Waals surface area contributed by atoms with Crippen molar-refractivity contribution in [2.24, 2.45) is 0 Å². The lowest BCUT2D eigenvalue weighted by molar-refractivity contribution is 0.0942. The van der Waals surface area contributed by atoms with E-state index < -0.39 is 0 Å². The number of hydrogen-bond donors (Lipinski definition) is 1. The van der Waals surface area contributed by atoms with E-state index in [0.717, 1.165) is 17.4 Å². The van der Waals surface area contributed by atoms with Gasteiger partial charge in [0.25, 0.3) is 5.91 Å². The van der Waals surface area contributed by atoms with E-state index in [1.165, 1.54) is 6.07 Å². The molecule has 0 unspecified atom stereocenters. The first-order valence-electron chi connectivity index (χ1n) is 8.31. The molecule has 0 saturated carbocycles. The topological polar surface area (TPSA) is 37.3 Å². The Morgan fingerprint density at radius 3 is 2.60 bits per heavy atom. The van der Waals surface area contributed by atoms with Gasteiger partial charge in [0.05, 0.1) is 6.54 Å². The smallest absolute Gasteiger partial charge is 0.267 e. The average Bonchev–Trinajstić information content (AvgIpc) is 2.95. The number of carbonyl (C=O) groups excluding carboxylic acids is 1. The van der Waals surface area contributed by atoms with Gasteiger partial charge >= 0.3 is 0 Å². The first-order chi connectivity index (χ1) is 12.1. The summed E-state index contributed by atoms with van der Waals surface area (Å²) in [5.74, 6) is -0.409. The van der Waals surface area contributed by atoms with Crippen LogP contribution in [0.25, 0.3) is 10.9 Å². The fraction of sp³-hybridized carbons (Fsp3) is 0.250. The molecule has 1 amide bonds. The zero-order chi connectivity index (χ0) is 17.8. The van der Waals surface area contributed by atoms with Gasteiger partial charge in [-0.25, -0.2) is 4.39 Å². The molecular weight excluding hydrogens is 317 g/mol. The molecule has 5 heteroatoms. The lowest BCUT2D eigenvalue weighted by Crippen LogP contribution is -2.32. The molecule has 2 aromatic carbocycles. The Kier molecular flexibility index (Phi) is 5.14. The summed E-state index contributed by atoms with van der Waals surface area (Å²) in [5.41, 5.74) is 2.03. The van der Waals surface area contributed by atoms with Gasteiger partial charge in [0.2, 0.25) is 0 Å². The highest BCUT2D eigenvalue weighted by atomic mass is 19.1. The molecule has 3 aromatic rings. The summed E-state index contributed by atoms with van der Waals surface area (Å²) in [7, 11) is 3.92. The quantitative estimate of drug-likeness (QED) is 0.749. The SMILES string of the molecule is CN(C)CCNC(=O)c1cc2ccccc2n1Cc1ccccc1F. The first kappa shape index (κ1) is 17.2. The Balaban J connectivity index is 1.95. The van der Waals surface area contributed by atoms with Crippen LogP contribution in [-0.4, -0.2) is 42.6 Å². The van der Waals surface area contributed by atoms with Crippen molar-refractivity contribution >= 4 is 16.8 Å². The minimum atomic E-state index is -0.265. The molecule has 1 N–H and O–H groups in total. The van der Waals surface area contributed by atoms with Gasteiger partial charge in [0.15, 0.2) is 0 Å². The fourth-order valence-electron chi connectivity index (χ4n) is 2.85. The van der Waals surface area contributed by atoms with E-state index >= 15 is 0 Å². The molecule has 0 fully saturated rings. The van der Waals surface area contributed by atoms with Crippen molar-refractivity contribution in [3.63, 3.8) is 0 Å². The second kappa shape index (κ2) is 7.49. The van der Waals surface area contributed by atoms with E-state index in [9.17, 15) is 9.18 Å². The Hall–Kier alpha value is -2.66. The third kappa shape index (κ3) is 3.88. The Morgan fingerprint density at radius 1 is 1.12 bits per heavy atom. The zero-order valence-corrected chi connectivity index (χ0v) is 14.5. The van der Waals surface area contributed by atoms with Crippen LogP contribution in [0.3, 0.4) is 0 Å². The summed E-state index contributed by atoms with van der Waals surface area (Å²) in [6.45, 7) is 1.64. The molecule has 130 valence electrons. The highest BCUT2D eigenvalue weighted by molar-refractivity contribution is 5.98. The van der Waals surface area contributed by atoms with Gasteiger partial charge in [0.1, 0.15) is 11.5 Å². The van der Waals surface area contributed by atoms with E-state index in [1.807, 2.05) is 53.9 Å². The number of halogens is 1. The van der Waals surface area contributed by atoms with Gasteiger partial charge in [-0.15, -0.1) is 0 Å². The van der Waals surface area contributed by atoms with Crippen LogP contribution in [0.5, 0.6) is 0 Å². The van der Waals surface area contributed by atoms with Gasteiger partial charge in [-0.1, -0.05) is 36.4 Å². The molecule has 4 nitrogen and oxygen atoms in total. The predicted molar refractivity (Wildman–Crippen MR) is 98.3 cm³/mol. The van der Waals surface area contributed by atoms with Crippen molar-refractivity contribution in [2.75, 3.05) is 27.2 Å². The van der Waals surface area contributed by atoms with Crippen molar-refractivity contribution in [3.8, 4) is 0 Å². The number of fused-ring (bicyclic) bond motifs is 1. The maximum absolute atomic E-state index is 14.1. The third-order valence-corrected chi connectivity index (χ3v) is 4.17. The van der Waals surface area contributed by atoms with Gasteiger partial charge in [-0.05, 0) is 32.3 Å². The van der Waals surface area contributed by atoms with Gasteiger partial charge in [-0.2, -0.15) is 0 Å². The number of para-hydroxylation sites is 1. The molecule has 0 aliphatic rings. The minimum absolute atomic E-state index is 0.144. The Bertz CT molecular complexity index is 886. The lowest BCUT2D eigenvalue weighted by Gasteiger charge is -2.13. The molecule has 25 heavy (non-hydrogen) atoms. The van der Waals surface area contributed by atoms with Crippen LogP contribution in [0, 0.1) is 5.82 Å². The Labute approximate surface area is 146 Å². The van der Waals surface area contributed by atoms with Crippen molar-refractivity contribution in [1.82, 2.24) is 14.8 Å². The van der Waals surface area contributed by atoms with Crippen LogP contribution in [0.2, 0.25) is 0 Å². The van der Waals surface area contributed by atoms with Crippen LogP contribution < -0.4 is 5.32 Å². The monoisotopic (exact) mass is 339 g/mol. The standard InChI is InChI=1S/C20H22FN3O/c1-23(2)12-11-22-20(25)19-13-15-7-4-6-10-18(15)24(19)14-16-8-3-5-9-17(16)21/h3-10,13H,11-12,14H2,1-2H3,(H,22,25). The fourth-order valence-corrected chi connectivity index (χ4v) is 2.85. The normalized spacial score (nSPS) is 11.2. The number of nitrogens with one attached hydrogen (secondary N) is 1. The van der Waals surface area contributed by atoms with E-state index in [4.69, 9.17) is 0 Å². The molecule has 1 aromatic heterocycles. The Morgan fingerprint density at radius 2 is 1.84 bits per heavy atom. The summed E-state index contributed by atoms with van der Waals surface area (Å²) in [4.78, 5) is 14.7. The van der Waals surface area contributed by atoms with Gasteiger partial charge in [-0.3, -0.25) is 4.79 Å². The maximum atomic E-state index is 14.1. The van der Waals surface area contributed by atoms with Crippen LogP contribution >= 0.6 is 0 Å². The second-order valence-electron chi connectivity index (χ2n) is 6.33. The number of benzene rings is 2. The van der Waals surface area contributed by atoms with Crippen molar-refractivity contribution < 1.29 is 9.18 Å². The third-order valence-electron chi connectivity index (χ3n) is 4.17. The van der Waals surface area contributed by atoms with Crippen LogP contribution in [0.1, 0.15) is 16.1 Å². The van der Waals surface area contributed by atoms with Gasteiger partial charge < -0.3 is 14.8 Å². The number of aromatic nitrogens is 1. The molecule has 0 saturated heterocycles. The maximum Gasteiger partial charge on any atom is 0.267 e. The molecule has 3 rings (SSSR count). The summed E-state index contributed by atoms with van der Waals surface area (Å²) in [6.07, 6.45) is 0. The average molecular weight is 339 g/mol. The number of carbonyl (C=O) groups is 1. The van der Waals surface area contributed by atoms with Crippen LogP contribution in [0.15, 0.2) is 54.6 Å². The molecule has 0 radical (unpaired) electrons. The highest BCUT2D eigenvalue weighted by Gasteiger charge is 2.16. The summed E-state index contributed by atoms with van der Waals surface area (Å²) >= 11 is 0. The summed E-state index contributed by atoms with van der Waals surface area (Å²) in [6, 6.07) is 16.3.